The Balaban J connectivity index is 1.38. The molecular weight excluding hydrogens is 532 g/mol. The number of benzene rings is 1. The number of aromatic nitrogens is 1. The number of thioether (sulfide) groups is 1. The average Bonchev–Trinajstić information content (AvgIpc) is 3.36. The van der Waals surface area contributed by atoms with Crippen molar-refractivity contribution in [1.29, 1.82) is 0 Å². The number of carboxylic acid groups (broad SMARTS) is 1. The Morgan fingerprint density at radius 1 is 1.14 bits per heavy atom. The number of phenols is 1. The number of carboxylic acids is 1. The molecule has 1 aliphatic rings. The minimum atomic E-state index is -1.30. The van der Waals surface area contributed by atoms with Crippen molar-refractivity contribution in [3.63, 3.8) is 0 Å². The smallest absolute Gasteiger partial charge is 0.339 e. The lowest BCUT2D eigenvalue weighted by Crippen LogP contribution is -2.31. The molecule has 3 heterocycles. The third-order valence-corrected chi connectivity index (χ3v) is 7.19. The van der Waals surface area contributed by atoms with E-state index in [0.717, 1.165) is 36.0 Å². The van der Waals surface area contributed by atoms with Crippen LogP contribution in [0.5, 0.6) is 5.75 Å². The van der Waals surface area contributed by atoms with E-state index in [4.69, 9.17) is 17.3 Å². The van der Waals surface area contributed by atoms with Crippen LogP contribution in [-0.4, -0.2) is 48.7 Å². The monoisotopic (exact) mass is 547 g/mol. The van der Waals surface area contributed by atoms with E-state index < -0.39 is 29.5 Å². The summed E-state index contributed by atoms with van der Waals surface area (Å²) in [5.41, 5.74) is 0.798. The molecule has 0 atom stereocenters. The predicted molar refractivity (Wildman–Crippen MR) is 136 cm³/mol. The molecule has 1 fully saturated rings. The summed E-state index contributed by atoms with van der Waals surface area (Å²) in [5.74, 6) is -4.49. The van der Waals surface area contributed by atoms with E-state index in [1.807, 2.05) is 0 Å². The zero-order chi connectivity index (χ0) is 26.0. The number of carbonyl (C=O) groups is 3. The topological polar surface area (TPSA) is 120 Å². The minimum Gasteiger partial charge on any atom is -0.507 e. The zero-order valence-corrected chi connectivity index (χ0v) is 20.5. The van der Waals surface area contributed by atoms with Crippen molar-refractivity contribution < 1.29 is 33.4 Å². The van der Waals surface area contributed by atoms with Crippen molar-refractivity contribution in [2.45, 2.75) is 6.42 Å². The Labute approximate surface area is 216 Å². The van der Waals surface area contributed by atoms with Gasteiger partial charge in [-0.25, -0.2) is 4.79 Å². The lowest BCUT2D eigenvalue weighted by Gasteiger charge is -2.14. The number of nitrogens with one attached hydrogen (secondary N) is 1. The summed E-state index contributed by atoms with van der Waals surface area (Å²) in [7, 11) is 0. The molecule has 0 unspecified atom stereocenters. The highest BCUT2D eigenvalue weighted by molar-refractivity contribution is 8.26. The predicted octanol–water partition coefficient (Wildman–Crippen LogP) is 4.72. The Hall–Kier alpha value is -3.68. The van der Waals surface area contributed by atoms with Crippen LogP contribution in [0.25, 0.3) is 17.2 Å². The van der Waals surface area contributed by atoms with Gasteiger partial charge in [0.1, 0.15) is 15.6 Å². The van der Waals surface area contributed by atoms with Gasteiger partial charge in [-0.2, -0.15) is 13.8 Å². The molecule has 0 bridgehead atoms. The third-order valence-electron chi connectivity index (χ3n) is 4.94. The van der Waals surface area contributed by atoms with Gasteiger partial charge in [0.05, 0.1) is 4.91 Å². The Kier molecular flexibility index (Phi) is 7.43. The number of thiophene rings is 1. The molecule has 1 aromatic carbocycles. The van der Waals surface area contributed by atoms with Crippen LogP contribution in [0.3, 0.4) is 0 Å². The molecule has 8 nitrogen and oxygen atoms in total. The first-order valence-corrected chi connectivity index (χ1v) is 12.2. The van der Waals surface area contributed by atoms with Crippen LogP contribution in [0.2, 0.25) is 0 Å². The second-order valence-electron chi connectivity index (χ2n) is 7.41. The van der Waals surface area contributed by atoms with Crippen LogP contribution in [0.1, 0.15) is 21.7 Å². The molecule has 3 aromatic rings. The first-order chi connectivity index (χ1) is 17.1. The van der Waals surface area contributed by atoms with Crippen LogP contribution in [0.4, 0.5) is 14.5 Å². The first-order valence-electron chi connectivity index (χ1n) is 10.1. The molecular formula is C23H15F2N3O5S3. The molecule has 1 saturated heterocycles. The summed E-state index contributed by atoms with van der Waals surface area (Å²) in [6.45, 7) is 0.0122. The van der Waals surface area contributed by atoms with Crippen LogP contribution in [0, 0.1) is 11.9 Å². The summed E-state index contributed by atoms with van der Waals surface area (Å²) < 4.78 is 27.1. The largest absolute Gasteiger partial charge is 0.507 e. The number of nitrogens with zero attached hydrogens (tertiary/aromatic N) is 2. The fourth-order valence-electron chi connectivity index (χ4n) is 3.26. The van der Waals surface area contributed by atoms with Crippen LogP contribution < -0.4 is 5.32 Å². The quantitative estimate of drug-likeness (QED) is 0.221. The summed E-state index contributed by atoms with van der Waals surface area (Å²) in [5, 5.41) is 22.9. The molecule has 184 valence electrons. The van der Waals surface area contributed by atoms with Crippen molar-refractivity contribution in [2.75, 3.05) is 11.9 Å². The van der Waals surface area contributed by atoms with E-state index in [1.165, 1.54) is 22.3 Å². The molecule has 1 aliphatic heterocycles. The number of halogens is 2. The SMILES string of the molecule is O=C(CCN1C(=O)/C(=C/c2cc(-c3cc(F)nc(F)c3)cs2)SC1=S)Nc1ccc(C(=O)O)c(O)c1. The maximum absolute atomic E-state index is 13.4. The standard InChI is InChI=1S/C23H15F2N3O5S3/c24-18-6-11(7-19(25)27-18)12-5-14(35-10-12)9-17-21(31)28(23(34)36-17)4-3-20(30)26-13-1-2-15(22(32)33)16(29)8-13/h1-2,5-10,29H,3-4H2,(H,26,30)(H,32,33)/b17-9-. The molecule has 3 N–H and O–H groups in total. The van der Waals surface area contributed by atoms with E-state index in [1.54, 1.807) is 17.5 Å². The van der Waals surface area contributed by atoms with Crippen molar-refractivity contribution in [3.05, 3.63) is 69.0 Å². The number of pyridine rings is 1. The molecule has 2 amide bonds. The lowest BCUT2D eigenvalue weighted by molar-refractivity contribution is -0.122. The fourth-order valence-corrected chi connectivity index (χ4v) is 5.48. The second-order valence-corrected chi connectivity index (χ2v) is 10.0. The number of hydrogen-bond donors (Lipinski definition) is 3. The van der Waals surface area contributed by atoms with Gasteiger partial charge in [-0.1, -0.05) is 24.0 Å². The second kappa shape index (κ2) is 10.5. The molecule has 0 aliphatic carbocycles. The van der Waals surface area contributed by atoms with Gasteiger partial charge in [0.25, 0.3) is 5.91 Å². The van der Waals surface area contributed by atoms with Crippen molar-refractivity contribution >= 4 is 69.2 Å². The highest BCUT2D eigenvalue weighted by atomic mass is 32.2. The minimum absolute atomic E-state index is 0.0122. The lowest BCUT2D eigenvalue weighted by atomic mass is 10.1. The summed E-state index contributed by atoms with van der Waals surface area (Å²) in [4.78, 5) is 41.5. The molecule has 0 saturated carbocycles. The van der Waals surface area contributed by atoms with Gasteiger partial charge in [-0.3, -0.25) is 14.5 Å². The van der Waals surface area contributed by atoms with Crippen molar-refractivity contribution in [1.82, 2.24) is 9.88 Å². The van der Waals surface area contributed by atoms with E-state index in [2.05, 4.69) is 10.3 Å². The Morgan fingerprint density at radius 2 is 1.86 bits per heavy atom. The first kappa shape index (κ1) is 25.4. The van der Waals surface area contributed by atoms with Gasteiger partial charge in [0.2, 0.25) is 17.8 Å². The number of thiocarbonyl (C=S) groups is 1. The highest BCUT2D eigenvalue weighted by Crippen LogP contribution is 2.35. The number of amides is 2. The third kappa shape index (κ3) is 5.75. The zero-order valence-electron chi connectivity index (χ0n) is 18.0. The number of aromatic hydroxyl groups is 1. The van der Waals surface area contributed by atoms with E-state index in [0.29, 0.717) is 20.9 Å². The van der Waals surface area contributed by atoms with Gasteiger partial charge >= 0.3 is 5.97 Å². The number of rotatable bonds is 7. The van der Waals surface area contributed by atoms with Gasteiger partial charge in [0.15, 0.2) is 0 Å². The summed E-state index contributed by atoms with van der Waals surface area (Å²) >= 11 is 7.63. The van der Waals surface area contributed by atoms with Gasteiger partial charge in [-0.15, -0.1) is 11.3 Å². The van der Waals surface area contributed by atoms with Crippen LogP contribution >= 0.6 is 35.3 Å². The number of aromatic carboxylic acids is 1. The molecule has 0 spiro atoms. The summed E-state index contributed by atoms with van der Waals surface area (Å²) in [6, 6.07) is 7.53. The summed E-state index contributed by atoms with van der Waals surface area (Å²) in [6.07, 6.45) is 1.53. The molecule has 2 aromatic heterocycles. The Morgan fingerprint density at radius 3 is 2.53 bits per heavy atom. The van der Waals surface area contributed by atoms with Gasteiger partial charge in [-0.05, 0) is 40.8 Å². The molecule has 13 heteroatoms. The highest BCUT2D eigenvalue weighted by Gasteiger charge is 2.32. The van der Waals surface area contributed by atoms with Crippen molar-refractivity contribution in [3.8, 4) is 16.9 Å². The molecule has 0 radical (unpaired) electrons. The number of carbonyl (C=O) groups excluding carboxylic acids is 2. The maximum atomic E-state index is 13.4. The van der Waals surface area contributed by atoms with Crippen LogP contribution in [0.15, 0.2) is 46.7 Å². The fraction of sp³-hybridized carbons (Fsp3) is 0.0870. The normalized spacial score (nSPS) is 14.5. The van der Waals surface area contributed by atoms with Gasteiger partial charge in [0, 0.05) is 41.7 Å². The maximum Gasteiger partial charge on any atom is 0.339 e. The number of hydrogen-bond acceptors (Lipinski definition) is 8. The van der Waals surface area contributed by atoms with Crippen molar-refractivity contribution in [2.24, 2.45) is 0 Å². The van der Waals surface area contributed by atoms with E-state index >= 15 is 0 Å². The number of anilines is 1. The molecule has 4 rings (SSSR count). The molecule has 36 heavy (non-hydrogen) atoms. The van der Waals surface area contributed by atoms with Gasteiger partial charge < -0.3 is 15.5 Å². The van der Waals surface area contributed by atoms with Crippen LogP contribution in [-0.2, 0) is 9.59 Å². The Bertz CT molecular complexity index is 1420. The van der Waals surface area contributed by atoms with E-state index in [-0.39, 0.29) is 34.4 Å². The average molecular weight is 548 g/mol. The van der Waals surface area contributed by atoms with E-state index in [9.17, 15) is 28.3 Å².